The Morgan fingerprint density at radius 1 is 1.28 bits per heavy atom. The van der Waals surface area contributed by atoms with Gasteiger partial charge in [-0.15, -0.1) is 24.0 Å². The first kappa shape index (κ1) is 18.0. The van der Waals surface area contributed by atoms with Gasteiger partial charge in [0.15, 0.2) is 5.96 Å². The number of rotatable bonds is 9. The van der Waals surface area contributed by atoms with E-state index in [1.807, 2.05) is 0 Å². The summed E-state index contributed by atoms with van der Waals surface area (Å²) >= 11 is 0. The summed E-state index contributed by atoms with van der Waals surface area (Å²) in [5, 5.41) is 3.22. The molecule has 1 atom stereocenters. The van der Waals surface area contributed by atoms with Crippen LogP contribution in [-0.4, -0.2) is 18.5 Å². The highest BCUT2D eigenvalue weighted by Gasteiger charge is 2.21. The molecule has 1 saturated carbocycles. The van der Waals surface area contributed by atoms with Gasteiger partial charge in [0.1, 0.15) is 0 Å². The van der Waals surface area contributed by atoms with Gasteiger partial charge in [-0.1, -0.05) is 46.0 Å². The van der Waals surface area contributed by atoms with Crippen molar-refractivity contribution < 1.29 is 0 Å². The molecule has 3 nitrogen and oxygen atoms in total. The predicted octanol–water partition coefficient (Wildman–Crippen LogP) is 3.67. The lowest BCUT2D eigenvalue weighted by atomic mass is 10.0. The highest BCUT2D eigenvalue weighted by atomic mass is 127. The number of guanidine groups is 1. The van der Waals surface area contributed by atoms with Crippen molar-refractivity contribution in [3.63, 3.8) is 0 Å². The summed E-state index contributed by atoms with van der Waals surface area (Å²) in [5.74, 6) is 1.31. The molecule has 0 heterocycles. The summed E-state index contributed by atoms with van der Waals surface area (Å²) < 4.78 is 0. The minimum Gasteiger partial charge on any atom is -0.370 e. The maximum atomic E-state index is 5.80. The number of hydrogen-bond donors (Lipinski definition) is 2. The van der Waals surface area contributed by atoms with E-state index in [9.17, 15) is 0 Å². The van der Waals surface area contributed by atoms with Crippen molar-refractivity contribution in [2.24, 2.45) is 16.6 Å². The topological polar surface area (TPSA) is 50.4 Å². The van der Waals surface area contributed by atoms with Gasteiger partial charge in [-0.3, -0.25) is 4.99 Å². The second kappa shape index (κ2) is 10.9. The molecule has 0 amide bonds. The van der Waals surface area contributed by atoms with Crippen LogP contribution in [0.2, 0.25) is 0 Å². The number of nitrogens with zero attached hydrogens (tertiary/aromatic N) is 1. The van der Waals surface area contributed by atoms with Crippen LogP contribution in [0.5, 0.6) is 0 Å². The molecule has 1 fully saturated rings. The third kappa shape index (κ3) is 9.97. The largest absolute Gasteiger partial charge is 0.370 e. The number of aliphatic imine (C=N–C) groups is 1. The van der Waals surface area contributed by atoms with Crippen molar-refractivity contribution in [2.45, 2.75) is 71.3 Å². The molecule has 108 valence electrons. The first-order valence-electron chi connectivity index (χ1n) is 7.28. The zero-order valence-electron chi connectivity index (χ0n) is 12.0. The van der Waals surface area contributed by atoms with E-state index in [0.29, 0.717) is 17.9 Å². The van der Waals surface area contributed by atoms with Crippen molar-refractivity contribution in [1.29, 1.82) is 0 Å². The zero-order chi connectivity index (χ0) is 12.5. The molecule has 0 aromatic carbocycles. The third-order valence-corrected chi connectivity index (χ3v) is 3.30. The molecule has 0 aliphatic heterocycles. The average molecular weight is 367 g/mol. The fourth-order valence-electron chi connectivity index (χ4n) is 1.92. The second-order valence-corrected chi connectivity index (χ2v) is 5.45. The number of unbranched alkanes of at least 4 members (excludes halogenated alkanes) is 4. The number of nitrogens with one attached hydrogen (secondary N) is 1. The molecule has 0 spiro atoms. The van der Waals surface area contributed by atoms with Crippen LogP contribution in [0.1, 0.15) is 65.2 Å². The van der Waals surface area contributed by atoms with Crippen LogP contribution in [0.15, 0.2) is 4.99 Å². The van der Waals surface area contributed by atoms with Crippen LogP contribution >= 0.6 is 24.0 Å². The summed E-state index contributed by atoms with van der Waals surface area (Å²) in [7, 11) is 0. The van der Waals surface area contributed by atoms with Gasteiger partial charge in [-0.05, 0) is 25.2 Å². The normalized spacial score (nSPS) is 17.1. The predicted molar refractivity (Wildman–Crippen MR) is 90.6 cm³/mol. The Balaban J connectivity index is 0.00000289. The molecule has 4 heteroatoms. The van der Waals surface area contributed by atoms with Crippen LogP contribution in [0, 0.1) is 5.92 Å². The molecular formula is C14H30IN3. The lowest BCUT2D eigenvalue weighted by Crippen LogP contribution is -2.33. The molecule has 0 aromatic rings. The van der Waals surface area contributed by atoms with Gasteiger partial charge in [0.2, 0.25) is 0 Å². The Morgan fingerprint density at radius 3 is 2.56 bits per heavy atom. The van der Waals surface area contributed by atoms with Crippen molar-refractivity contribution in [2.75, 3.05) is 6.54 Å². The van der Waals surface area contributed by atoms with Crippen molar-refractivity contribution >= 4 is 29.9 Å². The zero-order valence-corrected chi connectivity index (χ0v) is 14.3. The molecule has 0 saturated heterocycles. The molecule has 1 aliphatic carbocycles. The Hall–Kier alpha value is 0. The van der Waals surface area contributed by atoms with Gasteiger partial charge in [-0.2, -0.15) is 0 Å². The molecule has 0 aromatic heterocycles. The summed E-state index contributed by atoms with van der Waals surface area (Å²) in [4.78, 5) is 4.40. The van der Waals surface area contributed by atoms with Crippen LogP contribution < -0.4 is 11.1 Å². The van der Waals surface area contributed by atoms with Crippen LogP contribution in [0.3, 0.4) is 0 Å². The summed E-state index contributed by atoms with van der Waals surface area (Å²) in [6, 6.07) is 0.614. The maximum absolute atomic E-state index is 5.80. The van der Waals surface area contributed by atoms with E-state index in [1.54, 1.807) is 0 Å². The molecule has 1 rings (SSSR count). The van der Waals surface area contributed by atoms with Gasteiger partial charge >= 0.3 is 0 Å². The quantitative estimate of drug-likeness (QED) is 0.283. The number of halogens is 1. The van der Waals surface area contributed by atoms with Crippen LogP contribution in [0.4, 0.5) is 0 Å². The highest BCUT2D eigenvalue weighted by Crippen LogP contribution is 2.18. The highest BCUT2D eigenvalue weighted by molar-refractivity contribution is 14.0. The molecule has 18 heavy (non-hydrogen) atoms. The van der Waals surface area contributed by atoms with Gasteiger partial charge < -0.3 is 11.1 Å². The first-order valence-corrected chi connectivity index (χ1v) is 7.28. The fourth-order valence-corrected chi connectivity index (χ4v) is 1.92. The first-order chi connectivity index (χ1) is 8.22. The molecule has 0 bridgehead atoms. The van der Waals surface area contributed by atoms with Crippen LogP contribution in [-0.2, 0) is 0 Å². The molecule has 0 radical (unpaired) electrons. The van der Waals surface area contributed by atoms with E-state index in [1.165, 1.54) is 51.4 Å². The Bertz CT molecular complexity index is 227. The molecule has 3 N–H and O–H groups in total. The smallest absolute Gasteiger partial charge is 0.188 e. The van der Waals surface area contributed by atoms with E-state index >= 15 is 0 Å². The third-order valence-electron chi connectivity index (χ3n) is 3.30. The SMILES string of the molecule is CCCCCCCC(C)CN=C(N)NC1CC1.I. The van der Waals surface area contributed by atoms with Crippen molar-refractivity contribution in [3.8, 4) is 0 Å². The lowest BCUT2D eigenvalue weighted by molar-refractivity contribution is 0.494. The molecular weight excluding hydrogens is 337 g/mol. The van der Waals surface area contributed by atoms with Crippen LogP contribution in [0.25, 0.3) is 0 Å². The fraction of sp³-hybridized carbons (Fsp3) is 0.929. The van der Waals surface area contributed by atoms with Crippen molar-refractivity contribution in [3.05, 3.63) is 0 Å². The van der Waals surface area contributed by atoms with Gasteiger partial charge in [0.25, 0.3) is 0 Å². The minimum absolute atomic E-state index is 0. The lowest BCUT2D eigenvalue weighted by Gasteiger charge is -2.09. The maximum Gasteiger partial charge on any atom is 0.188 e. The van der Waals surface area contributed by atoms with E-state index in [4.69, 9.17) is 5.73 Å². The number of hydrogen-bond acceptors (Lipinski definition) is 1. The Kier molecular flexibility index (Phi) is 10.9. The van der Waals surface area contributed by atoms with E-state index in [0.717, 1.165) is 6.54 Å². The Labute approximate surface area is 129 Å². The van der Waals surface area contributed by atoms with Gasteiger partial charge in [0, 0.05) is 12.6 Å². The number of nitrogens with two attached hydrogens (primary N) is 1. The molecule has 1 aliphatic rings. The van der Waals surface area contributed by atoms with Gasteiger partial charge in [0.05, 0.1) is 0 Å². The minimum atomic E-state index is 0. The second-order valence-electron chi connectivity index (χ2n) is 5.45. The van der Waals surface area contributed by atoms with Crippen molar-refractivity contribution in [1.82, 2.24) is 5.32 Å². The summed E-state index contributed by atoms with van der Waals surface area (Å²) in [6.07, 6.45) is 10.6. The monoisotopic (exact) mass is 367 g/mol. The average Bonchev–Trinajstić information content (AvgIpc) is 3.10. The Morgan fingerprint density at radius 2 is 1.94 bits per heavy atom. The van der Waals surface area contributed by atoms with Gasteiger partial charge in [-0.25, -0.2) is 0 Å². The molecule has 1 unspecified atom stereocenters. The van der Waals surface area contributed by atoms with E-state index in [2.05, 4.69) is 24.2 Å². The standard InChI is InChI=1S/C14H29N3.HI/c1-3-4-5-6-7-8-12(2)11-16-14(15)17-13-9-10-13;/h12-13H,3-11H2,1-2H3,(H3,15,16,17);1H. The van der Waals surface area contributed by atoms with E-state index in [-0.39, 0.29) is 24.0 Å². The summed E-state index contributed by atoms with van der Waals surface area (Å²) in [6.45, 7) is 5.40. The summed E-state index contributed by atoms with van der Waals surface area (Å²) in [5.41, 5.74) is 5.80. The van der Waals surface area contributed by atoms with E-state index < -0.39 is 0 Å².